The second-order valence-corrected chi connectivity index (χ2v) is 2.38. The van der Waals surface area contributed by atoms with Crippen LogP contribution < -0.4 is 0 Å². The van der Waals surface area contributed by atoms with Gasteiger partial charge in [-0.1, -0.05) is 0 Å². The van der Waals surface area contributed by atoms with Crippen molar-refractivity contribution in [1.82, 2.24) is 0 Å². The molecule has 0 saturated heterocycles. The molecule has 1 atom stereocenters. The van der Waals surface area contributed by atoms with Crippen molar-refractivity contribution in [1.29, 1.82) is 0 Å². The van der Waals surface area contributed by atoms with Gasteiger partial charge in [0.1, 0.15) is 6.61 Å². The molecule has 0 bridgehead atoms. The van der Waals surface area contributed by atoms with Gasteiger partial charge in [0, 0.05) is 0 Å². The number of hydrogen-bond donors (Lipinski definition) is 1. The topological polar surface area (TPSA) is 72.8 Å². The molecule has 5 nitrogen and oxygen atoms in total. The Morgan fingerprint density at radius 3 is 2.70 bits per heavy atom. The monoisotopic (exact) mass is 168 g/mol. The summed E-state index contributed by atoms with van der Waals surface area (Å²) in [6.07, 6.45) is -0.842. The Bertz CT molecular complexity index is 134. The lowest BCUT2D eigenvalue weighted by Crippen LogP contribution is -2.10. The van der Waals surface area contributed by atoms with Gasteiger partial charge in [-0.3, -0.25) is 0 Å². The smallest absolute Gasteiger partial charge is 0.438 e. The van der Waals surface area contributed by atoms with Gasteiger partial charge < -0.3 is 14.0 Å². The van der Waals surface area contributed by atoms with Crippen LogP contribution in [0.4, 0.5) is 4.79 Å². The third-order valence-electron chi connectivity index (χ3n) is 0.645. The van der Waals surface area contributed by atoms with E-state index < -0.39 is 17.2 Å². The van der Waals surface area contributed by atoms with Gasteiger partial charge in [-0.05, 0) is 0 Å². The molecule has 0 aromatic heterocycles. The maximum atomic E-state index is 10.2. The van der Waals surface area contributed by atoms with E-state index in [0.29, 0.717) is 0 Å². The van der Waals surface area contributed by atoms with Gasteiger partial charge in [-0.25, -0.2) is 9.00 Å². The van der Waals surface area contributed by atoms with Crippen molar-refractivity contribution in [3.63, 3.8) is 0 Å². The van der Waals surface area contributed by atoms with Crippen LogP contribution >= 0.6 is 0 Å². The molecule has 0 spiro atoms. The van der Waals surface area contributed by atoms with E-state index in [1.165, 1.54) is 0 Å². The van der Waals surface area contributed by atoms with Crippen LogP contribution in [0.5, 0.6) is 0 Å². The van der Waals surface area contributed by atoms with E-state index in [1.54, 1.807) is 0 Å². The summed E-state index contributed by atoms with van der Waals surface area (Å²) in [6.45, 7) is -0.101. The highest BCUT2D eigenvalue weighted by Gasteiger charge is 2.00. The van der Waals surface area contributed by atoms with Gasteiger partial charge in [0.05, 0.1) is 12.9 Å². The molecule has 0 fully saturated rings. The predicted molar refractivity (Wildman–Crippen MR) is 34.0 cm³/mol. The van der Waals surface area contributed by atoms with Crippen LogP contribution in [-0.2, 0) is 20.6 Å². The first-order valence-electron chi connectivity index (χ1n) is 2.45. The quantitative estimate of drug-likeness (QED) is 0.474. The zero-order valence-corrected chi connectivity index (χ0v) is 6.22. The maximum Gasteiger partial charge on any atom is 0.508 e. The summed E-state index contributed by atoms with van der Waals surface area (Å²) < 4.78 is 26.5. The molecule has 1 N–H and O–H groups in total. The van der Waals surface area contributed by atoms with Crippen molar-refractivity contribution in [2.24, 2.45) is 0 Å². The molecule has 0 aliphatic rings. The SMILES string of the molecule is COC(=O)OCCS(=O)O. The molecule has 60 valence electrons. The van der Waals surface area contributed by atoms with Crippen molar-refractivity contribution in [2.45, 2.75) is 0 Å². The molecule has 0 heterocycles. The molecular weight excluding hydrogens is 160 g/mol. The Kier molecular flexibility index (Phi) is 4.87. The van der Waals surface area contributed by atoms with Gasteiger partial charge in [-0.15, -0.1) is 0 Å². The number of carbonyl (C=O) groups excluding carboxylic acids is 1. The first-order valence-corrected chi connectivity index (χ1v) is 3.72. The minimum absolute atomic E-state index is 0.0882. The standard InChI is InChI=1S/C4H8O5S/c1-8-4(5)9-2-3-10(6)7/h2-3H2,1H3,(H,6,7). The number of methoxy groups -OCH3 is 1. The first-order chi connectivity index (χ1) is 4.66. The van der Waals surface area contributed by atoms with Crippen molar-refractivity contribution in [2.75, 3.05) is 19.5 Å². The normalized spacial score (nSPS) is 12.2. The fraction of sp³-hybridized carbons (Fsp3) is 0.750. The van der Waals surface area contributed by atoms with Gasteiger partial charge in [-0.2, -0.15) is 0 Å². The molecule has 0 rings (SSSR count). The lowest BCUT2D eigenvalue weighted by molar-refractivity contribution is 0.0776. The Morgan fingerprint density at radius 2 is 2.30 bits per heavy atom. The van der Waals surface area contributed by atoms with Crippen molar-refractivity contribution < 1.29 is 23.0 Å². The van der Waals surface area contributed by atoms with Crippen LogP contribution in [0.15, 0.2) is 0 Å². The van der Waals surface area contributed by atoms with Gasteiger partial charge >= 0.3 is 6.16 Å². The van der Waals surface area contributed by atoms with Gasteiger partial charge in [0.25, 0.3) is 0 Å². The zero-order chi connectivity index (χ0) is 7.98. The average molecular weight is 168 g/mol. The van der Waals surface area contributed by atoms with Crippen LogP contribution in [0.25, 0.3) is 0 Å². The average Bonchev–Trinajstić information content (AvgIpc) is 1.87. The molecule has 10 heavy (non-hydrogen) atoms. The molecule has 0 aromatic rings. The molecule has 0 aliphatic heterocycles. The molecule has 1 unspecified atom stereocenters. The minimum Gasteiger partial charge on any atom is -0.438 e. The van der Waals surface area contributed by atoms with E-state index in [1.807, 2.05) is 0 Å². The van der Waals surface area contributed by atoms with Gasteiger partial charge in [0.2, 0.25) is 0 Å². The fourth-order valence-corrected chi connectivity index (χ4v) is 0.481. The second kappa shape index (κ2) is 5.19. The molecule has 0 aliphatic carbocycles. The van der Waals surface area contributed by atoms with Crippen molar-refractivity contribution in [3.8, 4) is 0 Å². The van der Waals surface area contributed by atoms with Crippen LogP contribution in [0.3, 0.4) is 0 Å². The Hall–Kier alpha value is -0.620. The van der Waals surface area contributed by atoms with E-state index in [-0.39, 0.29) is 12.4 Å². The van der Waals surface area contributed by atoms with Crippen LogP contribution in [-0.4, -0.2) is 34.4 Å². The third kappa shape index (κ3) is 5.52. The highest BCUT2D eigenvalue weighted by molar-refractivity contribution is 7.79. The largest absolute Gasteiger partial charge is 0.508 e. The van der Waals surface area contributed by atoms with E-state index in [2.05, 4.69) is 9.47 Å². The van der Waals surface area contributed by atoms with Crippen LogP contribution in [0.2, 0.25) is 0 Å². The van der Waals surface area contributed by atoms with Gasteiger partial charge in [0.15, 0.2) is 11.1 Å². The summed E-state index contributed by atoms with van der Waals surface area (Å²) >= 11 is -1.92. The van der Waals surface area contributed by atoms with E-state index in [9.17, 15) is 9.00 Å². The van der Waals surface area contributed by atoms with Crippen molar-refractivity contribution in [3.05, 3.63) is 0 Å². The lowest BCUT2D eigenvalue weighted by Gasteiger charge is -1.98. The van der Waals surface area contributed by atoms with E-state index >= 15 is 0 Å². The summed E-state index contributed by atoms with van der Waals surface area (Å²) in [5.74, 6) is -0.0882. The van der Waals surface area contributed by atoms with Crippen LogP contribution in [0.1, 0.15) is 0 Å². The Balaban J connectivity index is 3.20. The molecule has 0 amide bonds. The summed E-state index contributed by atoms with van der Waals surface area (Å²) in [6, 6.07) is 0. The molecule has 0 saturated carbocycles. The first kappa shape index (κ1) is 9.38. The molecular formula is C4H8O5S. The predicted octanol–water partition coefficient (Wildman–Crippen LogP) is -0.00890. The Morgan fingerprint density at radius 1 is 1.70 bits per heavy atom. The summed E-state index contributed by atoms with van der Waals surface area (Å²) in [4.78, 5) is 10.2. The number of carbonyl (C=O) groups is 1. The summed E-state index contributed by atoms with van der Waals surface area (Å²) in [5, 5.41) is 0. The third-order valence-corrected chi connectivity index (χ3v) is 1.16. The molecule has 0 aromatic carbocycles. The highest BCUT2D eigenvalue weighted by Crippen LogP contribution is 1.82. The zero-order valence-electron chi connectivity index (χ0n) is 5.40. The number of rotatable bonds is 3. The Labute approximate surface area is 60.6 Å². The van der Waals surface area contributed by atoms with Crippen LogP contribution in [0, 0.1) is 0 Å². The molecule has 6 heteroatoms. The number of hydrogen-bond acceptors (Lipinski definition) is 4. The van der Waals surface area contributed by atoms with Crippen molar-refractivity contribution >= 4 is 17.2 Å². The van der Waals surface area contributed by atoms with E-state index in [4.69, 9.17) is 4.55 Å². The maximum absolute atomic E-state index is 10.2. The second-order valence-electron chi connectivity index (χ2n) is 1.33. The minimum atomic E-state index is -1.92. The lowest BCUT2D eigenvalue weighted by atomic mass is 10.9. The molecule has 0 radical (unpaired) electrons. The number of ether oxygens (including phenoxy) is 2. The summed E-state index contributed by atoms with van der Waals surface area (Å²) in [7, 11) is 1.16. The fourth-order valence-electron chi connectivity index (χ4n) is 0.255. The summed E-state index contributed by atoms with van der Waals surface area (Å²) in [5.41, 5.74) is 0. The van der Waals surface area contributed by atoms with E-state index in [0.717, 1.165) is 7.11 Å². The highest BCUT2D eigenvalue weighted by atomic mass is 32.2.